The third kappa shape index (κ3) is 5.18. The van der Waals surface area contributed by atoms with Gasteiger partial charge in [0.2, 0.25) is 15.9 Å². The largest absolute Gasteiger partial charge is 0.399 e. The first-order valence-electron chi connectivity index (χ1n) is 6.34. The number of nitrogens with two attached hydrogens (primary N) is 1. The first-order valence-corrected chi connectivity index (χ1v) is 7.82. The summed E-state index contributed by atoms with van der Waals surface area (Å²) in [6, 6.07) is 4.54. The maximum absolute atomic E-state index is 12.0. The Morgan fingerprint density at radius 2 is 1.95 bits per heavy atom. The zero-order valence-corrected chi connectivity index (χ0v) is 12.8. The number of aryl methyl sites for hydroxylation is 1. The fourth-order valence-corrected chi connectivity index (χ4v) is 2.68. The lowest BCUT2D eigenvalue weighted by Crippen LogP contribution is -2.38. The number of sulfonamides is 1. The molecule has 0 heterocycles. The summed E-state index contributed by atoms with van der Waals surface area (Å²) in [5.41, 5.74) is 6.74. The summed E-state index contributed by atoms with van der Waals surface area (Å²) in [7, 11) is -3.73. The zero-order valence-electron chi connectivity index (χ0n) is 11.9. The molecule has 0 aliphatic rings. The fraction of sp³-hybridized carbons (Fsp3) is 0.462. The molecule has 6 nitrogen and oxygen atoms in total. The first kappa shape index (κ1) is 16.5. The smallest absolute Gasteiger partial charge is 0.241 e. The third-order valence-electron chi connectivity index (χ3n) is 2.51. The van der Waals surface area contributed by atoms with Crippen LogP contribution in [0.1, 0.15) is 19.4 Å². The van der Waals surface area contributed by atoms with E-state index in [-0.39, 0.29) is 17.3 Å². The van der Waals surface area contributed by atoms with Crippen molar-refractivity contribution in [2.75, 3.05) is 18.8 Å². The van der Waals surface area contributed by atoms with E-state index >= 15 is 0 Å². The number of carbonyl (C=O) groups excluding carboxylic acids is 1. The zero-order chi connectivity index (χ0) is 15.3. The van der Waals surface area contributed by atoms with Crippen LogP contribution in [-0.2, 0) is 14.8 Å². The predicted octanol–water partition coefficient (Wildman–Crippen LogP) is 0.628. The Balaban J connectivity index is 2.68. The average molecular weight is 299 g/mol. The molecule has 0 saturated heterocycles. The Morgan fingerprint density at radius 1 is 1.30 bits per heavy atom. The van der Waals surface area contributed by atoms with Crippen LogP contribution in [-0.4, -0.2) is 27.4 Å². The lowest BCUT2D eigenvalue weighted by atomic mass is 10.2. The summed E-state index contributed by atoms with van der Waals surface area (Å²) in [5, 5.41) is 2.64. The van der Waals surface area contributed by atoms with Gasteiger partial charge in [0.05, 0.1) is 11.4 Å². The minimum Gasteiger partial charge on any atom is -0.399 e. The van der Waals surface area contributed by atoms with Gasteiger partial charge in [-0.3, -0.25) is 4.79 Å². The molecule has 0 spiro atoms. The van der Waals surface area contributed by atoms with Crippen LogP contribution in [0.4, 0.5) is 5.69 Å². The molecule has 7 heteroatoms. The van der Waals surface area contributed by atoms with E-state index in [0.29, 0.717) is 18.2 Å². The van der Waals surface area contributed by atoms with Crippen LogP contribution in [0.2, 0.25) is 0 Å². The van der Waals surface area contributed by atoms with E-state index < -0.39 is 10.0 Å². The molecule has 0 saturated carbocycles. The minimum atomic E-state index is -3.73. The van der Waals surface area contributed by atoms with Crippen LogP contribution in [0.5, 0.6) is 0 Å². The molecule has 1 aromatic rings. The van der Waals surface area contributed by atoms with Crippen LogP contribution in [0.25, 0.3) is 0 Å². The highest BCUT2D eigenvalue weighted by Crippen LogP contribution is 2.15. The van der Waals surface area contributed by atoms with E-state index in [1.165, 1.54) is 12.1 Å². The second-order valence-electron chi connectivity index (χ2n) is 5.10. The van der Waals surface area contributed by atoms with Crippen molar-refractivity contribution in [3.8, 4) is 0 Å². The van der Waals surface area contributed by atoms with E-state index in [1.807, 2.05) is 13.8 Å². The molecule has 1 aromatic carbocycles. The van der Waals surface area contributed by atoms with Gasteiger partial charge in [-0.1, -0.05) is 13.8 Å². The molecule has 0 aliphatic heterocycles. The van der Waals surface area contributed by atoms with Crippen LogP contribution in [0.15, 0.2) is 23.1 Å². The van der Waals surface area contributed by atoms with Gasteiger partial charge in [-0.2, -0.15) is 0 Å². The molecule has 0 fully saturated rings. The molecule has 112 valence electrons. The van der Waals surface area contributed by atoms with Crippen LogP contribution in [0, 0.1) is 12.8 Å². The molecule has 0 atom stereocenters. The van der Waals surface area contributed by atoms with Crippen molar-refractivity contribution in [3.05, 3.63) is 23.8 Å². The summed E-state index contributed by atoms with van der Waals surface area (Å²) in [4.78, 5) is 11.6. The molecule has 20 heavy (non-hydrogen) atoms. The fourth-order valence-electron chi connectivity index (χ4n) is 1.56. The van der Waals surface area contributed by atoms with Crippen molar-refractivity contribution in [2.24, 2.45) is 5.92 Å². The van der Waals surface area contributed by atoms with Gasteiger partial charge in [0.25, 0.3) is 0 Å². The maximum Gasteiger partial charge on any atom is 0.241 e. The molecule has 0 aliphatic carbocycles. The molecule has 4 N–H and O–H groups in total. The Kier molecular flexibility index (Phi) is 5.52. The highest BCUT2D eigenvalue weighted by molar-refractivity contribution is 7.89. The van der Waals surface area contributed by atoms with Crippen LogP contribution >= 0.6 is 0 Å². The standard InChI is InChI=1S/C13H21N3O3S/c1-9(2)7-15-13(17)8-16-20(18,19)12-5-10(3)4-11(14)6-12/h4-6,9,16H,7-8,14H2,1-3H3,(H,15,17). The molecule has 0 radical (unpaired) electrons. The molecule has 0 bridgehead atoms. The first-order chi connectivity index (χ1) is 9.20. The second-order valence-corrected chi connectivity index (χ2v) is 6.87. The SMILES string of the molecule is Cc1cc(N)cc(S(=O)(=O)NCC(=O)NCC(C)C)c1. The van der Waals surface area contributed by atoms with Crippen molar-refractivity contribution in [3.63, 3.8) is 0 Å². The van der Waals surface area contributed by atoms with Gasteiger partial charge in [0.1, 0.15) is 0 Å². The van der Waals surface area contributed by atoms with Crippen molar-refractivity contribution in [1.29, 1.82) is 0 Å². The summed E-state index contributed by atoms with van der Waals surface area (Å²) < 4.78 is 26.3. The average Bonchev–Trinajstić information content (AvgIpc) is 2.32. The number of rotatable bonds is 6. The number of hydrogen-bond acceptors (Lipinski definition) is 4. The van der Waals surface area contributed by atoms with E-state index in [2.05, 4.69) is 10.0 Å². The lowest BCUT2D eigenvalue weighted by Gasteiger charge is -2.10. The third-order valence-corrected chi connectivity index (χ3v) is 3.89. The van der Waals surface area contributed by atoms with E-state index in [9.17, 15) is 13.2 Å². The minimum absolute atomic E-state index is 0.0617. The summed E-state index contributed by atoms with van der Waals surface area (Å²) in [5.74, 6) is -0.0463. The van der Waals surface area contributed by atoms with Crippen LogP contribution in [0.3, 0.4) is 0 Å². The number of hydrogen-bond donors (Lipinski definition) is 3. The number of anilines is 1. The van der Waals surface area contributed by atoms with Gasteiger partial charge >= 0.3 is 0 Å². The van der Waals surface area contributed by atoms with E-state index in [0.717, 1.165) is 5.56 Å². The van der Waals surface area contributed by atoms with Gasteiger partial charge in [-0.25, -0.2) is 13.1 Å². The quantitative estimate of drug-likeness (QED) is 0.670. The van der Waals surface area contributed by atoms with Crippen molar-refractivity contribution >= 4 is 21.6 Å². The monoisotopic (exact) mass is 299 g/mol. The number of carbonyl (C=O) groups is 1. The van der Waals surface area contributed by atoms with Crippen molar-refractivity contribution < 1.29 is 13.2 Å². The Hall–Kier alpha value is -1.60. The molecular weight excluding hydrogens is 278 g/mol. The molecular formula is C13H21N3O3S. The summed E-state index contributed by atoms with van der Waals surface area (Å²) in [6.07, 6.45) is 0. The van der Waals surface area contributed by atoms with Crippen LogP contribution < -0.4 is 15.8 Å². The summed E-state index contributed by atoms with van der Waals surface area (Å²) >= 11 is 0. The van der Waals surface area contributed by atoms with Gasteiger partial charge in [-0.15, -0.1) is 0 Å². The topological polar surface area (TPSA) is 101 Å². The molecule has 1 rings (SSSR count). The van der Waals surface area contributed by atoms with Crippen molar-refractivity contribution in [2.45, 2.75) is 25.7 Å². The van der Waals surface area contributed by atoms with E-state index in [1.54, 1.807) is 13.0 Å². The Labute approximate surface area is 119 Å². The number of nitrogen functional groups attached to an aromatic ring is 1. The van der Waals surface area contributed by atoms with Crippen molar-refractivity contribution in [1.82, 2.24) is 10.0 Å². The highest BCUT2D eigenvalue weighted by Gasteiger charge is 2.16. The Morgan fingerprint density at radius 3 is 2.50 bits per heavy atom. The normalized spacial score (nSPS) is 11.6. The Bertz CT molecular complexity index is 562. The lowest BCUT2D eigenvalue weighted by molar-refractivity contribution is -0.120. The van der Waals surface area contributed by atoms with Gasteiger partial charge in [-0.05, 0) is 36.6 Å². The predicted molar refractivity (Wildman–Crippen MR) is 78.6 cm³/mol. The molecule has 1 amide bonds. The molecule has 0 unspecified atom stereocenters. The second kappa shape index (κ2) is 6.71. The summed E-state index contributed by atoms with van der Waals surface area (Å²) in [6.45, 7) is 5.89. The van der Waals surface area contributed by atoms with Gasteiger partial charge in [0.15, 0.2) is 0 Å². The molecule has 0 aromatic heterocycles. The maximum atomic E-state index is 12.0. The number of benzene rings is 1. The highest BCUT2D eigenvalue weighted by atomic mass is 32.2. The van der Waals surface area contributed by atoms with E-state index in [4.69, 9.17) is 5.73 Å². The van der Waals surface area contributed by atoms with Gasteiger partial charge in [0, 0.05) is 12.2 Å². The number of amides is 1. The number of nitrogens with one attached hydrogen (secondary N) is 2. The van der Waals surface area contributed by atoms with Gasteiger partial charge < -0.3 is 11.1 Å².